The topological polar surface area (TPSA) is 62.6 Å². The lowest BCUT2D eigenvalue weighted by atomic mass is 10.4. The van der Waals surface area contributed by atoms with E-state index >= 15 is 0 Å². The van der Waals surface area contributed by atoms with E-state index in [1.807, 2.05) is 0 Å². The zero-order valence-electron chi connectivity index (χ0n) is 9.95. The summed E-state index contributed by atoms with van der Waals surface area (Å²) in [6.45, 7) is 1.58. The molecule has 1 aliphatic heterocycles. The number of hydrogen-bond donors (Lipinski definition) is 1. The van der Waals surface area contributed by atoms with Crippen LogP contribution in [0.25, 0.3) is 0 Å². The van der Waals surface area contributed by atoms with Gasteiger partial charge in [0.05, 0.1) is 12.4 Å². The van der Waals surface area contributed by atoms with Gasteiger partial charge in [-0.05, 0) is 25.0 Å². The van der Waals surface area contributed by atoms with Crippen LogP contribution in [0.15, 0.2) is 16.5 Å². The molecule has 0 spiro atoms. The number of amides is 2. The Balaban J connectivity index is 1.82. The van der Waals surface area contributed by atoms with E-state index in [1.54, 1.807) is 17.0 Å². The van der Waals surface area contributed by atoms with Crippen molar-refractivity contribution in [3.05, 3.63) is 23.7 Å². The molecule has 0 aliphatic carbocycles. The third-order valence-electron chi connectivity index (χ3n) is 2.88. The van der Waals surface area contributed by atoms with Crippen molar-refractivity contribution >= 4 is 23.4 Å². The molecule has 0 unspecified atom stereocenters. The second-order valence-electron chi connectivity index (χ2n) is 4.17. The Morgan fingerprint density at radius 3 is 2.67 bits per heavy atom. The van der Waals surface area contributed by atoms with Crippen molar-refractivity contribution in [2.24, 2.45) is 0 Å². The first kappa shape index (κ1) is 13.0. The number of nitrogens with one attached hydrogen (secondary N) is 1. The third kappa shape index (κ3) is 3.04. The molecule has 5 nitrogen and oxygen atoms in total. The molecule has 18 heavy (non-hydrogen) atoms. The Morgan fingerprint density at radius 1 is 1.33 bits per heavy atom. The third-order valence-corrected chi connectivity index (χ3v) is 3.14. The molecule has 0 radical (unpaired) electrons. The van der Waals surface area contributed by atoms with Crippen molar-refractivity contribution in [3.8, 4) is 0 Å². The summed E-state index contributed by atoms with van der Waals surface area (Å²) in [4.78, 5) is 25.1. The summed E-state index contributed by atoms with van der Waals surface area (Å²) >= 11 is 5.57. The molecule has 1 aromatic heterocycles. The van der Waals surface area contributed by atoms with Crippen molar-refractivity contribution in [2.75, 3.05) is 19.6 Å². The fourth-order valence-corrected chi connectivity index (χ4v) is 2.04. The Hall–Kier alpha value is -1.49. The molecule has 0 bridgehead atoms. The van der Waals surface area contributed by atoms with Crippen LogP contribution in [0.3, 0.4) is 0 Å². The average molecular weight is 271 g/mol. The predicted octanol–water partition coefficient (Wildman–Crippen LogP) is 1.37. The van der Waals surface area contributed by atoms with Crippen LogP contribution in [0.5, 0.6) is 0 Å². The number of likely N-dealkylation sites (tertiary alicyclic amines) is 1. The lowest BCUT2D eigenvalue weighted by Crippen LogP contribution is -2.38. The van der Waals surface area contributed by atoms with Gasteiger partial charge in [-0.15, -0.1) is 11.6 Å². The molecule has 0 aromatic carbocycles. The quantitative estimate of drug-likeness (QED) is 0.841. The van der Waals surface area contributed by atoms with Crippen molar-refractivity contribution in [1.82, 2.24) is 10.2 Å². The highest BCUT2D eigenvalue weighted by Gasteiger charge is 2.19. The summed E-state index contributed by atoms with van der Waals surface area (Å²) in [5, 5.41) is 2.55. The minimum absolute atomic E-state index is 0.00966. The zero-order chi connectivity index (χ0) is 13.0. The molecule has 1 aliphatic rings. The molecule has 2 heterocycles. The monoisotopic (exact) mass is 270 g/mol. The van der Waals surface area contributed by atoms with E-state index in [9.17, 15) is 9.59 Å². The van der Waals surface area contributed by atoms with E-state index < -0.39 is 0 Å². The Bertz CT molecular complexity index is 438. The SMILES string of the molecule is O=C(NCC(=O)N1CCCC1)c1ccc(CCl)o1. The summed E-state index contributed by atoms with van der Waals surface area (Å²) in [5.74, 6) is 0.497. The molecular weight excluding hydrogens is 256 g/mol. The Kier molecular flexibility index (Phi) is 4.25. The van der Waals surface area contributed by atoms with Gasteiger partial charge in [-0.2, -0.15) is 0 Å². The number of rotatable bonds is 4. The number of hydrogen-bond acceptors (Lipinski definition) is 3. The number of carbonyl (C=O) groups is 2. The van der Waals surface area contributed by atoms with Gasteiger partial charge in [0.25, 0.3) is 5.91 Å². The molecule has 2 amide bonds. The van der Waals surface area contributed by atoms with E-state index in [1.165, 1.54) is 0 Å². The maximum absolute atomic E-state index is 11.7. The van der Waals surface area contributed by atoms with Crippen molar-refractivity contribution in [2.45, 2.75) is 18.7 Å². The predicted molar refractivity (Wildman–Crippen MR) is 66.4 cm³/mol. The second-order valence-corrected chi connectivity index (χ2v) is 4.44. The minimum atomic E-state index is -0.390. The van der Waals surface area contributed by atoms with Crippen LogP contribution in [0.2, 0.25) is 0 Å². The van der Waals surface area contributed by atoms with E-state index in [-0.39, 0.29) is 30.0 Å². The van der Waals surface area contributed by atoms with Gasteiger partial charge >= 0.3 is 0 Å². The van der Waals surface area contributed by atoms with Crippen molar-refractivity contribution < 1.29 is 14.0 Å². The van der Waals surface area contributed by atoms with Gasteiger partial charge in [-0.25, -0.2) is 0 Å². The molecule has 6 heteroatoms. The fraction of sp³-hybridized carbons (Fsp3) is 0.500. The summed E-state index contributed by atoms with van der Waals surface area (Å²) in [5.41, 5.74) is 0. The Morgan fingerprint density at radius 2 is 2.06 bits per heavy atom. The number of furan rings is 1. The largest absolute Gasteiger partial charge is 0.455 e. The molecule has 0 atom stereocenters. The van der Waals surface area contributed by atoms with Gasteiger partial charge in [0.2, 0.25) is 5.91 Å². The first-order valence-corrected chi connectivity index (χ1v) is 6.45. The number of alkyl halides is 1. The lowest BCUT2D eigenvalue weighted by molar-refractivity contribution is -0.129. The number of carbonyl (C=O) groups excluding carboxylic acids is 2. The van der Waals surface area contributed by atoms with Gasteiger partial charge in [-0.1, -0.05) is 0 Å². The highest BCUT2D eigenvalue weighted by atomic mass is 35.5. The van der Waals surface area contributed by atoms with E-state index in [0.29, 0.717) is 5.76 Å². The van der Waals surface area contributed by atoms with Crippen LogP contribution >= 0.6 is 11.6 Å². The van der Waals surface area contributed by atoms with Gasteiger partial charge in [0.15, 0.2) is 5.76 Å². The maximum Gasteiger partial charge on any atom is 0.287 e. The molecule has 0 saturated carbocycles. The number of halogens is 1. The summed E-state index contributed by atoms with van der Waals surface area (Å²) in [6, 6.07) is 3.19. The first-order valence-electron chi connectivity index (χ1n) is 5.91. The molecule has 2 rings (SSSR count). The molecule has 1 saturated heterocycles. The van der Waals surface area contributed by atoms with Gasteiger partial charge in [0, 0.05) is 13.1 Å². The van der Waals surface area contributed by atoms with Crippen LogP contribution in [0, 0.1) is 0 Å². The van der Waals surface area contributed by atoms with Gasteiger partial charge < -0.3 is 14.6 Å². The van der Waals surface area contributed by atoms with Crippen LogP contribution in [0.1, 0.15) is 29.2 Å². The highest BCUT2D eigenvalue weighted by molar-refractivity contribution is 6.16. The summed E-state index contributed by atoms with van der Waals surface area (Å²) in [7, 11) is 0. The molecule has 1 aromatic rings. The standard InChI is InChI=1S/C12H15ClN2O3/c13-7-9-3-4-10(18-9)12(17)14-8-11(16)15-5-1-2-6-15/h3-4H,1-2,5-8H2,(H,14,17). The molecule has 98 valence electrons. The number of nitrogens with zero attached hydrogens (tertiary/aromatic N) is 1. The normalized spacial score (nSPS) is 14.8. The van der Waals surface area contributed by atoms with Crippen LogP contribution in [0.4, 0.5) is 0 Å². The smallest absolute Gasteiger partial charge is 0.287 e. The average Bonchev–Trinajstić information content (AvgIpc) is 3.05. The Labute approximate surface area is 110 Å². The second kappa shape index (κ2) is 5.91. The van der Waals surface area contributed by atoms with Gasteiger partial charge in [0.1, 0.15) is 5.76 Å². The van der Waals surface area contributed by atoms with Crippen LogP contribution in [-0.4, -0.2) is 36.3 Å². The van der Waals surface area contributed by atoms with Crippen LogP contribution < -0.4 is 5.32 Å². The maximum atomic E-state index is 11.7. The summed E-state index contributed by atoms with van der Waals surface area (Å²) < 4.78 is 5.18. The fourth-order valence-electron chi connectivity index (χ4n) is 1.89. The van der Waals surface area contributed by atoms with E-state index in [0.717, 1.165) is 25.9 Å². The van der Waals surface area contributed by atoms with Crippen molar-refractivity contribution in [1.29, 1.82) is 0 Å². The lowest BCUT2D eigenvalue weighted by Gasteiger charge is -2.14. The zero-order valence-corrected chi connectivity index (χ0v) is 10.7. The summed E-state index contributed by atoms with van der Waals surface area (Å²) in [6.07, 6.45) is 2.08. The minimum Gasteiger partial charge on any atom is -0.455 e. The van der Waals surface area contributed by atoms with Gasteiger partial charge in [-0.3, -0.25) is 9.59 Å². The van der Waals surface area contributed by atoms with Crippen molar-refractivity contribution in [3.63, 3.8) is 0 Å². The van der Waals surface area contributed by atoms with E-state index in [4.69, 9.17) is 16.0 Å². The van der Waals surface area contributed by atoms with Crippen LogP contribution in [-0.2, 0) is 10.7 Å². The first-order chi connectivity index (χ1) is 8.70. The molecule has 1 fully saturated rings. The van der Waals surface area contributed by atoms with E-state index in [2.05, 4.69) is 5.32 Å². The highest BCUT2D eigenvalue weighted by Crippen LogP contribution is 2.10. The molecular formula is C12H15ClN2O3. The molecule has 1 N–H and O–H groups in total.